The summed E-state index contributed by atoms with van der Waals surface area (Å²) in [4.78, 5) is 0. The summed E-state index contributed by atoms with van der Waals surface area (Å²) in [5.41, 5.74) is 11.6. The molecule has 0 unspecified atom stereocenters. The first-order valence-electron chi connectivity index (χ1n) is 5.10. The zero-order valence-corrected chi connectivity index (χ0v) is 9.12. The standard InChI is InChI=1S/C14H15N/c1-10-5-3-6-12(9-10)13-7-4-8-14(15)11(13)2/h3-9H,15H2,1-2H3. The van der Waals surface area contributed by atoms with E-state index in [0.29, 0.717) is 0 Å². The van der Waals surface area contributed by atoms with Crippen molar-refractivity contribution in [3.05, 3.63) is 53.6 Å². The maximum atomic E-state index is 5.90. The van der Waals surface area contributed by atoms with Crippen molar-refractivity contribution in [1.29, 1.82) is 0 Å². The van der Waals surface area contributed by atoms with Crippen LogP contribution in [0, 0.1) is 13.8 Å². The van der Waals surface area contributed by atoms with Crippen molar-refractivity contribution >= 4 is 5.69 Å². The normalized spacial score (nSPS) is 10.3. The van der Waals surface area contributed by atoms with Crippen molar-refractivity contribution in [2.75, 3.05) is 5.73 Å². The van der Waals surface area contributed by atoms with E-state index in [1.165, 1.54) is 16.7 Å². The van der Waals surface area contributed by atoms with Crippen molar-refractivity contribution in [1.82, 2.24) is 0 Å². The van der Waals surface area contributed by atoms with E-state index in [1.807, 2.05) is 12.1 Å². The largest absolute Gasteiger partial charge is 0.398 e. The molecule has 0 aliphatic carbocycles. The zero-order valence-electron chi connectivity index (χ0n) is 9.12. The highest BCUT2D eigenvalue weighted by Crippen LogP contribution is 2.27. The maximum Gasteiger partial charge on any atom is 0.0349 e. The minimum atomic E-state index is 0.856. The summed E-state index contributed by atoms with van der Waals surface area (Å²) in [5, 5.41) is 0. The maximum absolute atomic E-state index is 5.90. The number of benzene rings is 2. The molecule has 0 spiro atoms. The third kappa shape index (κ3) is 1.86. The molecule has 1 nitrogen and oxygen atoms in total. The molecule has 0 aromatic heterocycles. The average Bonchev–Trinajstić information content (AvgIpc) is 2.22. The van der Waals surface area contributed by atoms with Crippen molar-refractivity contribution in [3.8, 4) is 11.1 Å². The Morgan fingerprint density at radius 3 is 2.40 bits per heavy atom. The molecule has 0 fully saturated rings. The quantitative estimate of drug-likeness (QED) is 0.695. The van der Waals surface area contributed by atoms with Crippen molar-refractivity contribution in [2.45, 2.75) is 13.8 Å². The SMILES string of the molecule is Cc1cccc(-c2cccc(N)c2C)c1. The van der Waals surface area contributed by atoms with Crippen molar-refractivity contribution < 1.29 is 0 Å². The summed E-state index contributed by atoms with van der Waals surface area (Å²) in [6.07, 6.45) is 0. The molecule has 2 rings (SSSR count). The van der Waals surface area contributed by atoms with Gasteiger partial charge < -0.3 is 5.73 Å². The third-order valence-corrected chi connectivity index (χ3v) is 2.70. The van der Waals surface area contributed by atoms with Crippen LogP contribution in [0.4, 0.5) is 5.69 Å². The van der Waals surface area contributed by atoms with Crippen LogP contribution in [0.1, 0.15) is 11.1 Å². The van der Waals surface area contributed by atoms with Gasteiger partial charge in [-0.15, -0.1) is 0 Å². The minimum absolute atomic E-state index is 0.856. The van der Waals surface area contributed by atoms with E-state index in [4.69, 9.17) is 5.73 Å². The Bertz CT molecular complexity index is 486. The fraction of sp³-hybridized carbons (Fsp3) is 0.143. The molecule has 2 aromatic rings. The molecule has 2 aromatic carbocycles. The van der Waals surface area contributed by atoms with Gasteiger partial charge in [-0.3, -0.25) is 0 Å². The van der Waals surface area contributed by atoms with Gasteiger partial charge in [0.25, 0.3) is 0 Å². The van der Waals surface area contributed by atoms with E-state index >= 15 is 0 Å². The molecular formula is C14H15N. The topological polar surface area (TPSA) is 26.0 Å². The van der Waals surface area contributed by atoms with Crippen LogP contribution in [0.15, 0.2) is 42.5 Å². The van der Waals surface area contributed by atoms with Gasteiger partial charge in [0, 0.05) is 5.69 Å². The van der Waals surface area contributed by atoms with Crippen molar-refractivity contribution in [2.24, 2.45) is 0 Å². The number of hydrogen-bond donors (Lipinski definition) is 1. The molecule has 0 aliphatic rings. The number of rotatable bonds is 1. The summed E-state index contributed by atoms with van der Waals surface area (Å²) in [5.74, 6) is 0. The van der Waals surface area contributed by atoms with Gasteiger partial charge in [0.1, 0.15) is 0 Å². The third-order valence-electron chi connectivity index (χ3n) is 2.70. The van der Waals surface area contributed by atoms with E-state index in [2.05, 4.69) is 44.2 Å². The van der Waals surface area contributed by atoms with Gasteiger partial charge in [-0.2, -0.15) is 0 Å². The highest BCUT2D eigenvalue weighted by molar-refractivity contribution is 5.72. The molecule has 15 heavy (non-hydrogen) atoms. The van der Waals surface area contributed by atoms with E-state index < -0.39 is 0 Å². The fourth-order valence-electron chi connectivity index (χ4n) is 1.78. The van der Waals surface area contributed by atoms with Crippen LogP contribution in [0.25, 0.3) is 11.1 Å². The summed E-state index contributed by atoms with van der Waals surface area (Å²) in [7, 11) is 0. The monoisotopic (exact) mass is 197 g/mol. The first kappa shape index (κ1) is 9.78. The highest BCUT2D eigenvalue weighted by Gasteiger charge is 2.03. The number of nitrogens with two attached hydrogens (primary N) is 1. The Labute approximate surface area is 90.6 Å². The van der Waals surface area contributed by atoms with E-state index in [1.54, 1.807) is 0 Å². The Morgan fingerprint density at radius 2 is 1.67 bits per heavy atom. The number of hydrogen-bond acceptors (Lipinski definition) is 1. The smallest absolute Gasteiger partial charge is 0.0349 e. The second kappa shape index (κ2) is 3.77. The minimum Gasteiger partial charge on any atom is -0.398 e. The second-order valence-electron chi connectivity index (χ2n) is 3.89. The number of nitrogen functional groups attached to an aromatic ring is 1. The lowest BCUT2D eigenvalue weighted by atomic mass is 9.98. The molecule has 76 valence electrons. The molecule has 2 N–H and O–H groups in total. The Morgan fingerprint density at radius 1 is 0.933 bits per heavy atom. The lowest BCUT2D eigenvalue weighted by Gasteiger charge is -2.08. The Kier molecular flexibility index (Phi) is 2.46. The molecule has 0 radical (unpaired) electrons. The molecule has 0 aliphatic heterocycles. The molecule has 0 saturated carbocycles. The van der Waals surface area contributed by atoms with Crippen LogP contribution in [-0.2, 0) is 0 Å². The molecule has 0 saturated heterocycles. The predicted molar refractivity (Wildman–Crippen MR) is 65.8 cm³/mol. The Balaban J connectivity index is 2.59. The predicted octanol–water partition coefficient (Wildman–Crippen LogP) is 3.55. The van der Waals surface area contributed by atoms with Crippen LogP contribution < -0.4 is 5.73 Å². The van der Waals surface area contributed by atoms with Gasteiger partial charge in [0.05, 0.1) is 0 Å². The van der Waals surface area contributed by atoms with Gasteiger partial charge in [-0.05, 0) is 36.6 Å². The van der Waals surface area contributed by atoms with Crippen LogP contribution in [0.2, 0.25) is 0 Å². The summed E-state index contributed by atoms with van der Waals surface area (Å²) in [6.45, 7) is 4.16. The van der Waals surface area contributed by atoms with E-state index in [9.17, 15) is 0 Å². The summed E-state index contributed by atoms with van der Waals surface area (Å²) < 4.78 is 0. The second-order valence-corrected chi connectivity index (χ2v) is 3.89. The zero-order chi connectivity index (χ0) is 10.8. The van der Waals surface area contributed by atoms with E-state index in [0.717, 1.165) is 11.3 Å². The van der Waals surface area contributed by atoms with Crippen LogP contribution in [-0.4, -0.2) is 0 Å². The Hall–Kier alpha value is -1.76. The van der Waals surface area contributed by atoms with Gasteiger partial charge in [-0.1, -0.05) is 42.0 Å². The van der Waals surface area contributed by atoms with Gasteiger partial charge in [0.15, 0.2) is 0 Å². The molecular weight excluding hydrogens is 182 g/mol. The van der Waals surface area contributed by atoms with Gasteiger partial charge >= 0.3 is 0 Å². The summed E-state index contributed by atoms with van der Waals surface area (Å²) in [6, 6.07) is 14.5. The molecule has 0 bridgehead atoms. The molecule has 1 heteroatoms. The van der Waals surface area contributed by atoms with Crippen LogP contribution in [0.3, 0.4) is 0 Å². The van der Waals surface area contributed by atoms with Crippen LogP contribution >= 0.6 is 0 Å². The van der Waals surface area contributed by atoms with E-state index in [-0.39, 0.29) is 0 Å². The molecule has 0 heterocycles. The number of anilines is 1. The first-order valence-corrected chi connectivity index (χ1v) is 5.10. The number of aryl methyl sites for hydroxylation is 1. The lowest BCUT2D eigenvalue weighted by molar-refractivity contribution is 1.43. The molecule has 0 atom stereocenters. The van der Waals surface area contributed by atoms with Crippen molar-refractivity contribution in [3.63, 3.8) is 0 Å². The first-order chi connectivity index (χ1) is 7.18. The summed E-state index contributed by atoms with van der Waals surface area (Å²) >= 11 is 0. The molecule has 0 amide bonds. The fourth-order valence-corrected chi connectivity index (χ4v) is 1.78. The lowest BCUT2D eigenvalue weighted by Crippen LogP contribution is -1.91. The van der Waals surface area contributed by atoms with Gasteiger partial charge in [-0.25, -0.2) is 0 Å². The average molecular weight is 197 g/mol. The highest BCUT2D eigenvalue weighted by atomic mass is 14.6. The van der Waals surface area contributed by atoms with Crippen LogP contribution in [0.5, 0.6) is 0 Å². The van der Waals surface area contributed by atoms with Gasteiger partial charge in [0.2, 0.25) is 0 Å².